The monoisotopic (exact) mass is 446 g/mol. The zero-order valence-electron chi connectivity index (χ0n) is 17.8. The van der Waals surface area contributed by atoms with Gasteiger partial charge in [0.1, 0.15) is 0 Å². The Kier molecular flexibility index (Phi) is 7.89. The summed E-state index contributed by atoms with van der Waals surface area (Å²) >= 11 is 0. The van der Waals surface area contributed by atoms with Gasteiger partial charge in [-0.25, -0.2) is 13.6 Å². The van der Waals surface area contributed by atoms with Gasteiger partial charge in [-0.3, -0.25) is 4.79 Å². The van der Waals surface area contributed by atoms with Crippen LogP contribution in [0.3, 0.4) is 0 Å². The Hall–Kier alpha value is -2.62. The first-order valence-electron chi connectivity index (χ1n) is 10.5. The van der Waals surface area contributed by atoms with E-state index in [1.165, 1.54) is 12.1 Å². The number of rotatable bonds is 9. The van der Waals surface area contributed by atoms with Crippen molar-refractivity contribution in [3.05, 3.63) is 54.1 Å². The summed E-state index contributed by atoms with van der Waals surface area (Å²) in [6, 6.07) is 14.6. The SMILES string of the molecule is CCN(CCCNC(=O)c1cc(S(N)(=O)=O)ccc1N1CCOCC1)c1ccccc1. The van der Waals surface area contributed by atoms with Crippen LogP contribution in [0.1, 0.15) is 23.7 Å². The fraction of sp³-hybridized carbons (Fsp3) is 0.409. The van der Waals surface area contributed by atoms with Gasteiger partial charge < -0.3 is 19.9 Å². The lowest BCUT2D eigenvalue weighted by molar-refractivity contribution is 0.0951. The molecule has 0 saturated carbocycles. The Morgan fingerprint density at radius 2 is 1.87 bits per heavy atom. The van der Waals surface area contributed by atoms with Crippen LogP contribution in [0.5, 0.6) is 0 Å². The minimum absolute atomic E-state index is 0.0732. The van der Waals surface area contributed by atoms with Gasteiger partial charge in [-0.1, -0.05) is 18.2 Å². The van der Waals surface area contributed by atoms with Crippen molar-refractivity contribution in [2.24, 2.45) is 5.14 Å². The number of hydrogen-bond donors (Lipinski definition) is 2. The summed E-state index contributed by atoms with van der Waals surface area (Å²) in [4.78, 5) is 17.2. The minimum atomic E-state index is -3.91. The molecule has 0 aliphatic carbocycles. The molecule has 3 N–H and O–H groups in total. The third-order valence-electron chi connectivity index (χ3n) is 5.29. The summed E-state index contributed by atoms with van der Waals surface area (Å²) in [5.41, 5.74) is 2.14. The largest absolute Gasteiger partial charge is 0.378 e. The van der Waals surface area contributed by atoms with E-state index < -0.39 is 10.0 Å². The number of sulfonamides is 1. The number of nitrogens with two attached hydrogens (primary N) is 1. The number of amides is 1. The first-order valence-corrected chi connectivity index (χ1v) is 12.0. The first kappa shape index (κ1) is 23.1. The molecule has 9 heteroatoms. The molecule has 0 aromatic heterocycles. The van der Waals surface area contributed by atoms with E-state index in [0.29, 0.717) is 44.1 Å². The van der Waals surface area contributed by atoms with Crippen LogP contribution in [0.15, 0.2) is 53.4 Å². The van der Waals surface area contributed by atoms with E-state index >= 15 is 0 Å². The molecular weight excluding hydrogens is 416 g/mol. The maximum absolute atomic E-state index is 13.0. The number of carbonyl (C=O) groups excluding carboxylic acids is 1. The van der Waals surface area contributed by atoms with E-state index in [-0.39, 0.29) is 10.8 Å². The van der Waals surface area contributed by atoms with Crippen molar-refractivity contribution in [3.63, 3.8) is 0 Å². The first-order chi connectivity index (χ1) is 14.9. The molecule has 3 rings (SSSR count). The number of para-hydroxylation sites is 1. The molecule has 2 aromatic rings. The second-order valence-electron chi connectivity index (χ2n) is 7.35. The number of primary sulfonamides is 1. The van der Waals surface area contributed by atoms with E-state index in [1.54, 1.807) is 6.07 Å². The van der Waals surface area contributed by atoms with Crippen molar-refractivity contribution in [2.75, 3.05) is 55.7 Å². The van der Waals surface area contributed by atoms with Gasteiger partial charge in [-0.15, -0.1) is 0 Å². The Balaban J connectivity index is 1.67. The van der Waals surface area contributed by atoms with E-state index in [9.17, 15) is 13.2 Å². The highest BCUT2D eigenvalue weighted by Crippen LogP contribution is 2.25. The maximum Gasteiger partial charge on any atom is 0.253 e. The second-order valence-corrected chi connectivity index (χ2v) is 8.91. The van der Waals surface area contributed by atoms with Crippen molar-refractivity contribution < 1.29 is 17.9 Å². The van der Waals surface area contributed by atoms with Crippen molar-refractivity contribution >= 4 is 27.3 Å². The summed E-state index contributed by atoms with van der Waals surface area (Å²) < 4.78 is 29.0. The topological polar surface area (TPSA) is 105 Å². The molecular formula is C22H30N4O4S. The quantitative estimate of drug-likeness (QED) is 0.570. The summed E-state index contributed by atoms with van der Waals surface area (Å²) in [6.07, 6.45) is 0.760. The van der Waals surface area contributed by atoms with Gasteiger partial charge in [-0.05, 0) is 43.7 Å². The Morgan fingerprint density at radius 1 is 1.16 bits per heavy atom. The molecule has 0 radical (unpaired) electrons. The maximum atomic E-state index is 13.0. The Morgan fingerprint density at radius 3 is 2.52 bits per heavy atom. The average Bonchev–Trinajstić information content (AvgIpc) is 2.79. The van der Waals surface area contributed by atoms with E-state index in [0.717, 1.165) is 25.2 Å². The van der Waals surface area contributed by atoms with Gasteiger partial charge in [0.2, 0.25) is 10.0 Å². The van der Waals surface area contributed by atoms with Crippen molar-refractivity contribution in [1.29, 1.82) is 0 Å². The lowest BCUT2D eigenvalue weighted by Crippen LogP contribution is -2.38. The number of carbonyl (C=O) groups is 1. The van der Waals surface area contributed by atoms with Crippen molar-refractivity contribution in [2.45, 2.75) is 18.2 Å². The van der Waals surface area contributed by atoms with Gasteiger partial charge in [0.15, 0.2) is 0 Å². The number of anilines is 2. The fourth-order valence-corrected chi connectivity index (χ4v) is 4.17. The lowest BCUT2D eigenvalue weighted by atomic mass is 10.1. The summed E-state index contributed by atoms with van der Waals surface area (Å²) in [5.74, 6) is -0.310. The van der Waals surface area contributed by atoms with E-state index in [4.69, 9.17) is 9.88 Å². The molecule has 1 amide bonds. The van der Waals surface area contributed by atoms with Crippen LogP contribution in [0.2, 0.25) is 0 Å². The molecule has 8 nitrogen and oxygen atoms in total. The molecule has 1 aliphatic rings. The summed E-state index contributed by atoms with van der Waals surface area (Å²) in [6.45, 7) is 6.64. The molecule has 0 unspecified atom stereocenters. The lowest BCUT2D eigenvalue weighted by Gasteiger charge is -2.30. The number of ether oxygens (including phenoxy) is 1. The molecule has 1 aliphatic heterocycles. The Bertz CT molecular complexity index is 976. The molecule has 0 atom stereocenters. The molecule has 1 saturated heterocycles. The number of hydrogen-bond acceptors (Lipinski definition) is 6. The van der Waals surface area contributed by atoms with Crippen LogP contribution in [0.25, 0.3) is 0 Å². The normalized spacial score (nSPS) is 14.3. The van der Waals surface area contributed by atoms with Crippen LogP contribution in [0, 0.1) is 0 Å². The summed E-state index contributed by atoms with van der Waals surface area (Å²) in [7, 11) is -3.91. The number of nitrogens with zero attached hydrogens (tertiary/aromatic N) is 2. The molecule has 0 bridgehead atoms. The van der Waals surface area contributed by atoms with E-state index in [1.807, 2.05) is 23.1 Å². The standard InChI is InChI=1S/C22H30N4O4S/c1-2-25(18-7-4-3-5-8-18)12-6-11-24-22(27)20-17-19(31(23,28)29)9-10-21(20)26-13-15-30-16-14-26/h3-5,7-10,17H,2,6,11-16H2,1H3,(H,24,27)(H2,23,28,29). The molecule has 31 heavy (non-hydrogen) atoms. The average molecular weight is 447 g/mol. The molecule has 1 fully saturated rings. The fourth-order valence-electron chi connectivity index (χ4n) is 3.63. The molecule has 2 aromatic carbocycles. The molecule has 168 valence electrons. The number of morpholine rings is 1. The van der Waals surface area contributed by atoms with Crippen LogP contribution in [0.4, 0.5) is 11.4 Å². The van der Waals surface area contributed by atoms with Crippen molar-refractivity contribution in [3.8, 4) is 0 Å². The molecule has 1 heterocycles. The van der Waals surface area contributed by atoms with Crippen molar-refractivity contribution in [1.82, 2.24) is 5.32 Å². The summed E-state index contributed by atoms with van der Waals surface area (Å²) in [5, 5.41) is 8.21. The Labute approximate surface area is 184 Å². The van der Waals surface area contributed by atoms with Crippen LogP contribution in [-0.2, 0) is 14.8 Å². The zero-order chi connectivity index (χ0) is 22.3. The third-order valence-corrected chi connectivity index (χ3v) is 6.20. The van der Waals surface area contributed by atoms with Crippen LogP contribution < -0.4 is 20.3 Å². The third kappa shape index (κ3) is 6.19. The highest BCUT2D eigenvalue weighted by molar-refractivity contribution is 7.89. The van der Waals surface area contributed by atoms with Gasteiger partial charge in [0.25, 0.3) is 5.91 Å². The zero-order valence-corrected chi connectivity index (χ0v) is 18.6. The van der Waals surface area contributed by atoms with Crippen LogP contribution in [-0.4, -0.2) is 60.3 Å². The highest BCUT2D eigenvalue weighted by atomic mass is 32.2. The minimum Gasteiger partial charge on any atom is -0.378 e. The molecule has 0 spiro atoms. The van der Waals surface area contributed by atoms with Gasteiger partial charge >= 0.3 is 0 Å². The van der Waals surface area contributed by atoms with Gasteiger partial charge in [-0.2, -0.15) is 0 Å². The smallest absolute Gasteiger partial charge is 0.253 e. The van der Waals surface area contributed by atoms with E-state index in [2.05, 4.69) is 29.3 Å². The number of benzene rings is 2. The predicted molar refractivity (Wildman–Crippen MR) is 122 cm³/mol. The number of nitrogens with one attached hydrogen (secondary N) is 1. The highest BCUT2D eigenvalue weighted by Gasteiger charge is 2.21. The van der Waals surface area contributed by atoms with Gasteiger partial charge in [0, 0.05) is 44.1 Å². The van der Waals surface area contributed by atoms with Gasteiger partial charge in [0.05, 0.1) is 23.7 Å². The van der Waals surface area contributed by atoms with Crippen LogP contribution >= 0.6 is 0 Å². The second kappa shape index (κ2) is 10.6. The predicted octanol–water partition coefficient (Wildman–Crippen LogP) is 1.82.